The Morgan fingerprint density at radius 2 is 2.15 bits per heavy atom. The predicted octanol–water partition coefficient (Wildman–Crippen LogP) is 1.75. The van der Waals surface area contributed by atoms with E-state index in [0.29, 0.717) is 13.0 Å². The molecule has 0 aliphatic heterocycles. The van der Waals surface area contributed by atoms with Crippen molar-refractivity contribution >= 4 is 16.8 Å². The number of nitrogens with zero attached hydrogens (tertiary/aromatic N) is 1. The topological polar surface area (TPSA) is 54.3 Å². The smallest absolute Gasteiger partial charge is 0.224 e. The first kappa shape index (κ1) is 13.2. The predicted molar refractivity (Wildman–Crippen MR) is 78.4 cm³/mol. The zero-order valence-corrected chi connectivity index (χ0v) is 11.7. The number of aromatic nitrogens is 1. The van der Waals surface area contributed by atoms with Gasteiger partial charge in [-0.2, -0.15) is 0 Å². The van der Waals surface area contributed by atoms with E-state index in [0.717, 1.165) is 35.7 Å². The summed E-state index contributed by atoms with van der Waals surface area (Å²) in [6.07, 6.45) is 5.00. The van der Waals surface area contributed by atoms with Crippen molar-refractivity contribution in [2.45, 2.75) is 31.3 Å². The fourth-order valence-corrected chi connectivity index (χ4v) is 2.83. The highest BCUT2D eigenvalue weighted by molar-refractivity contribution is 5.89. The summed E-state index contributed by atoms with van der Waals surface area (Å²) in [6.45, 7) is 0.372. The number of nitrogens with one attached hydrogen (secondary N) is 1. The van der Waals surface area contributed by atoms with Gasteiger partial charge >= 0.3 is 0 Å². The molecule has 4 nitrogen and oxygen atoms in total. The third-order valence-electron chi connectivity index (χ3n) is 4.23. The molecule has 0 spiro atoms. The van der Waals surface area contributed by atoms with Crippen molar-refractivity contribution in [3.8, 4) is 0 Å². The van der Waals surface area contributed by atoms with Gasteiger partial charge in [0.2, 0.25) is 5.91 Å². The SMILES string of the molecule is Cn1cc(CC(=O)NCC2(O)CCC2)c2ccccc21. The Morgan fingerprint density at radius 3 is 2.85 bits per heavy atom. The van der Waals surface area contributed by atoms with Crippen LogP contribution in [0.3, 0.4) is 0 Å². The number of rotatable bonds is 4. The summed E-state index contributed by atoms with van der Waals surface area (Å²) >= 11 is 0. The summed E-state index contributed by atoms with van der Waals surface area (Å²) in [7, 11) is 1.99. The number of para-hydroxylation sites is 1. The molecular formula is C16H20N2O2. The number of carbonyl (C=O) groups excluding carboxylic acids is 1. The van der Waals surface area contributed by atoms with Gasteiger partial charge in [0.05, 0.1) is 12.0 Å². The number of amides is 1. The van der Waals surface area contributed by atoms with E-state index in [1.165, 1.54) is 0 Å². The molecule has 0 saturated heterocycles. The largest absolute Gasteiger partial charge is 0.388 e. The van der Waals surface area contributed by atoms with Crippen LogP contribution >= 0.6 is 0 Å². The molecule has 1 aromatic heterocycles. The molecule has 0 unspecified atom stereocenters. The van der Waals surface area contributed by atoms with Crippen molar-refractivity contribution in [3.05, 3.63) is 36.0 Å². The van der Waals surface area contributed by atoms with Gasteiger partial charge < -0.3 is 15.0 Å². The van der Waals surface area contributed by atoms with Crippen LogP contribution in [0.5, 0.6) is 0 Å². The summed E-state index contributed by atoms with van der Waals surface area (Å²) in [5, 5.41) is 13.9. The number of fused-ring (bicyclic) bond motifs is 1. The van der Waals surface area contributed by atoms with Crippen LogP contribution in [-0.4, -0.2) is 27.7 Å². The van der Waals surface area contributed by atoms with Gasteiger partial charge in [-0.3, -0.25) is 4.79 Å². The highest BCUT2D eigenvalue weighted by atomic mass is 16.3. The second kappa shape index (κ2) is 4.94. The molecule has 3 rings (SSSR count). The normalized spacial score (nSPS) is 16.9. The Labute approximate surface area is 118 Å². The maximum absolute atomic E-state index is 12.0. The Bertz CT molecular complexity index is 641. The van der Waals surface area contributed by atoms with E-state index in [1.807, 2.05) is 42.1 Å². The minimum absolute atomic E-state index is 0.0262. The number of aliphatic hydroxyl groups is 1. The van der Waals surface area contributed by atoms with Crippen molar-refractivity contribution in [1.29, 1.82) is 0 Å². The maximum atomic E-state index is 12.0. The third-order valence-corrected chi connectivity index (χ3v) is 4.23. The van der Waals surface area contributed by atoms with Gasteiger partial charge in [-0.25, -0.2) is 0 Å². The summed E-state index contributed by atoms with van der Waals surface area (Å²) in [4.78, 5) is 12.0. The van der Waals surface area contributed by atoms with E-state index in [-0.39, 0.29) is 5.91 Å². The summed E-state index contributed by atoms with van der Waals surface area (Å²) in [5.74, 6) is -0.0262. The molecule has 2 N–H and O–H groups in total. The summed E-state index contributed by atoms with van der Waals surface area (Å²) < 4.78 is 2.04. The minimum atomic E-state index is -0.658. The van der Waals surface area contributed by atoms with Crippen molar-refractivity contribution in [2.75, 3.05) is 6.54 Å². The van der Waals surface area contributed by atoms with E-state index in [1.54, 1.807) is 0 Å². The third kappa shape index (κ3) is 2.43. The van der Waals surface area contributed by atoms with Crippen LogP contribution in [0.4, 0.5) is 0 Å². The lowest BCUT2D eigenvalue weighted by Crippen LogP contribution is -2.48. The summed E-state index contributed by atoms with van der Waals surface area (Å²) in [5.41, 5.74) is 1.50. The van der Waals surface area contributed by atoms with Crippen molar-refractivity contribution in [3.63, 3.8) is 0 Å². The molecule has 2 aromatic rings. The molecule has 1 amide bonds. The zero-order chi connectivity index (χ0) is 14.2. The van der Waals surface area contributed by atoms with Gasteiger partial charge in [-0.1, -0.05) is 18.2 Å². The van der Waals surface area contributed by atoms with Crippen LogP contribution < -0.4 is 5.32 Å². The molecule has 0 radical (unpaired) electrons. The number of hydrogen-bond donors (Lipinski definition) is 2. The van der Waals surface area contributed by atoms with Crippen LogP contribution in [-0.2, 0) is 18.3 Å². The second-order valence-electron chi connectivity index (χ2n) is 5.81. The Balaban J connectivity index is 1.68. The average molecular weight is 272 g/mol. The van der Waals surface area contributed by atoms with E-state index >= 15 is 0 Å². The molecule has 20 heavy (non-hydrogen) atoms. The Kier molecular flexibility index (Phi) is 3.26. The lowest BCUT2D eigenvalue weighted by atomic mass is 9.80. The van der Waals surface area contributed by atoms with Crippen molar-refractivity contribution in [2.24, 2.45) is 7.05 Å². The molecule has 1 aliphatic carbocycles. The van der Waals surface area contributed by atoms with Gasteiger partial charge in [0.1, 0.15) is 0 Å². The lowest BCUT2D eigenvalue weighted by molar-refractivity contribution is -0.122. The van der Waals surface area contributed by atoms with Crippen LogP contribution in [0.25, 0.3) is 10.9 Å². The molecule has 1 saturated carbocycles. The first-order chi connectivity index (χ1) is 9.57. The standard InChI is InChI=1S/C16H20N2O2/c1-18-10-12(13-5-2-3-6-14(13)18)9-15(19)17-11-16(20)7-4-8-16/h2-3,5-6,10,20H,4,7-9,11H2,1H3,(H,17,19). The zero-order valence-electron chi connectivity index (χ0n) is 11.7. The molecule has 1 aromatic carbocycles. The Morgan fingerprint density at radius 1 is 1.40 bits per heavy atom. The fraction of sp³-hybridized carbons (Fsp3) is 0.438. The van der Waals surface area contributed by atoms with Gasteiger partial charge in [-0.15, -0.1) is 0 Å². The van der Waals surface area contributed by atoms with Crippen LogP contribution in [0.2, 0.25) is 0 Å². The molecule has 0 bridgehead atoms. The number of carbonyl (C=O) groups is 1. The van der Waals surface area contributed by atoms with E-state index in [9.17, 15) is 9.90 Å². The van der Waals surface area contributed by atoms with E-state index < -0.39 is 5.60 Å². The van der Waals surface area contributed by atoms with Gasteiger partial charge in [0, 0.05) is 30.7 Å². The van der Waals surface area contributed by atoms with Crippen LogP contribution in [0, 0.1) is 0 Å². The molecule has 4 heteroatoms. The monoisotopic (exact) mass is 272 g/mol. The highest BCUT2D eigenvalue weighted by Crippen LogP contribution is 2.30. The second-order valence-corrected chi connectivity index (χ2v) is 5.81. The van der Waals surface area contributed by atoms with Crippen molar-refractivity contribution in [1.82, 2.24) is 9.88 Å². The number of aryl methyl sites for hydroxylation is 1. The summed E-state index contributed by atoms with van der Waals surface area (Å²) in [6, 6.07) is 8.07. The van der Waals surface area contributed by atoms with Gasteiger partial charge in [0.25, 0.3) is 0 Å². The highest BCUT2D eigenvalue weighted by Gasteiger charge is 2.34. The van der Waals surface area contributed by atoms with Crippen molar-refractivity contribution < 1.29 is 9.90 Å². The van der Waals surface area contributed by atoms with E-state index in [2.05, 4.69) is 5.32 Å². The number of benzene rings is 1. The molecule has 0 atom stereocenters. The molecule has 106 valence electrons. The minimum Gasteiger partial charge on any atom is -0.388 e. The molecule has 1 aliphatic rings. The van der Waals surface area contributed by atoms with E-state index in [4.69, 9.17) is 0 Å². The first-order valence-electron chi connectivity index (χ1n) is 7.09. The first-order valence-corrected chi connectivity index (χ1v) is 7.09. The quantitative estimate of drug-likeness (QED) is 0.891. The molecule has 1 heterocycles. The maximum Gasteiger partial charge on any atom is 0.224 e. The van der Waals surface area contributed by atoms with Crippen LogP contribution in [0.1, 0.15) is 24.8 Å². The molecular weight excluding hydrogens is 252 g/mol. The molecule has 1 fully saturated rings. The fourth-order valence-electron chi connectivity index (χ4n) is 2.83. The Hall–Kier alpha value is -1.81. The van der Waals surface area contributed by atoms with Gasteiger partial charge in [-0.05, 0) is 30.9 Å². The van der Waals surface area contributed by atoms with Crippen LogP contribution in [0.15, 0.2) is 30.5 Å². The number of hydrogen-bond acceptors (Lipinski definition) is 2. The van der Waals surface area contributed by atoms with Gasteiger partial charge in [0.15, 0.2) is 0 Å². The lowest BCUT2D eigenvalue weighted by Gasteiger charge is -2.36. The average Bonchev–Trinajstić information content (AvgIpc) is 2.72.